The lowest BCUT2D eigenvalue weighted by Gasteiger charge is -2.35. The van der Waals surface area contributed by atoms with Crippen LogP contribution in [0.15, 0.2) is 35.4 Å². The SMILES string of the molecule is Cc1ccc(Cl)cc1S(=O)(=O)N1CCN(c2ncc(C(F)(F)F)cc2Cl)CC1. The van der Waals surface area contributed by atoms with Crippen molar-refractivity contribution in [3.05, 3.63) is 51.6 Å². The smallest absolute Gasteiger partial charge is 0.353 e. The van der Waals surface area contributed by atoms with Crippen molar-refractivity contribution in [1.29, 1.82) is 0 Å². The normalized spacial score (nSPS) is 16.4. The summed E-state index contributed by atoms with van der Waals surface area (Å²) in [6.07, 6.45) is -3.81. The second kappa shape index (κ2) is 7.70. The van der Waals surface area contributed by atoms with Crippen LogP contribution in [-0.2, 0) is 16.2 Å². The number of nitrogens with zero attached hydrogens (tertiary/aromatic N) is 3. The molecule has 28 heavy (non-hydrogen) atoms. The number of alkyl halides is 3. The number of anilines is 1. The molecule has 0 saturated carbocycles. The Hall–Kier alpha value is -1.55. The number of sulfonamides is 1. The number of hydrogen-bond donors (Lipinski definition) is 0. The summed E-state index contributed by atoms with van der Waals surface area (Å²) < 4.78 is 65.4. The molecule has 0 radical (unpaired) electrons. The molecule has 0 spiro atoms. The van der Waals surface area contributed by atoms with Gasteiger partial charge in [-0.1, -0.05) is 29.3 Å². The summed E-state index contributed by atoms with van der Waals surface area (Å²) in [5.41, 5.74) is -0.349. The molecule has 0 unspecified atom stereocenters. The van der Waals surface area contributed by atoms with Crippen LogP contribution in [0.3, 0.4) is 0 Å². The number of piperazine rings is 1. The standard InChI is InChI=1S/C17H16Cl2F3N3O2S/c1-11-2-3-13(18)9-15(11)28(26,27)25-6-4-24(5-7-25)16-14(19)8-12(10-23-16)17(20,21)22/h2-3,8-10H,4-7H2,1H3. The number of rotatable bonds is 3. The number of pyridine rings is 1. The number of aryl methyl sites for hydroxylation is 1. The van der Waals surface area contributed by atoms with Crippen molar-refractivity contribution in [2.75, 3.05) is 31.1 Å². The first kappa shape index (κ1) is 21.2. The minimum absolute atomic E-state index is 0.128. The Balaban J connectivity index is 1.77. The van der Waals surface area contributed by atoms with E-state index in [4.69, 9.17) is 23.2 Å². The molecule has 1 aromatic carbocycles. The van der Waals surface area contributed by atoms with Crippen LogP contribution in [0.1, 0.15) is 11.1 Å². The van der Waals surface area contributed by atoms with Crippen molar-refractivity contribution in [2.24, 2.45) is 0 Å². The Kier molecular flexibility index (Phi) is 5.82. The summed E-state index contributed by atoms with van der Waals surface area (Å²) >= 11 is 11.9. The molecule has 1 aromatic heterocycles. The van der Waals surface area contributed by atoms with E-state index in [-0.39, 0.29) is 41.9 Å². The molecule has 3 rings (SSSR count). The van der Waals surface area contributed by atoms with Crippen LogP contribution in [0.5, 0.6) is 0 Å². The first-order valence-electron chi connectivity index (χ1n) is 8.24. The van der Waals surface area contributed by atoms with Crippen LogP contribution in [0.4, 0.5) is 19.0 Å². The van der Waals surface area contributed by atoms with E-state index in [0.29, 0.717) is 10.6 Å². The lowest BCUT2D eigenvalue weighted by atomic mass is 10.2. The predicted molar refractivity (Wildman–Crippen MR) is 101 cm³/mol. The topological polar surface area (TPSA) is 53.5 Å². The van der Waals surface area contributed by atoms with E-state index < -0.39 is 21.8 Å². The van der Waals surface area contributed by atoms with Crippen LogP contribution in [0.25, 0.3) is 0 Å². The molecular formula is C17H16Cl2F3N3O2S. The third kappa shape index (κ3) is 4.22. The Morgan fingerprint density at radius 1 is 1.07 bits per heavy atom. The minimum atomic E-state index is -4.53. The lowest BCUT2D eigenvalue weighted by molar-refractivity contribution is -0.137. The van der Waals surface area contributed by atoms with Crippen molar-refractivity contribution >= 4 is 39.0 Å². The van der Waals surface area contributed by atoms with Gasteiger partial charge >= 0.3 is 6.18 Å². The molecule has 152 valence electrons. The van der Waals surface area contributed by atoms with Crippen molar-refractivity contribution < 1.29 is 21.6 Å². The van der Waals surface area contributed by atoms with Gasteiger partial charge in [0.15, 0.2) is 0 Å². The predicted octanol–water partition coefficient (Wildman–Crippen LogP) is 4.23. The largest absolute Gasteiger partial charge is 0.417 e. The highest BCUT2D eigenvalue weighted by molar-refractivity contribution is 7.89. The fraction of sp³-hybridized carbons (Fsp3) is 0.353. The average molecular weight is 454 g/mol. The molecule has 1 fully saturated rings. The zero-order valence-corrected chi connectivity index (χ0v) is 17.0. The van der Waals surface area contributed by atoms with Gasteiger partial charge in [0, 0.05) is 37.4 Å². The molecule has 0 N–H and O–H groups in total. The van der Waals surface area contributed by atoms with Gasteiger partial charge in [-0.2, -0.15) is 17.5 Å². The van der Waals surface area contributed by atoms with Crippen molar-refractivity contribution in [2.45, 2.75) is 18.0 Å². The van der Waals surface area contributed by atoms with Crippen LogP contribution >= 0.6 is 23.2 Å². The molecule has 1 aliphatic rings. The van der Waals surface area contributed by atoms with Gasteiger partial charge in [0.2, 0.25) is 10.0 Å². The van der Waals surface area contributed by atoms with Gasteiger partial charge < -0.3 is 4.90 Å². The van der Waals surface area contributed by atoms with Crippen LogP contribution in [-0.4, -0.2) is 43.9 Å². The molecule has 0 bridgehead atoms. The second-order valence-corrected chi connectivity index (χ2v) is 9.08. The quantitative estimate of drug-likeness (QED) is 0.697. The van der Waals surface area contributed by atoms with E-state index in [1.807, 2.05) is 0 Å². The van der Waals surface area contributed by atoms with Crippen LogP contribution in [0.2, 0.25) is 10.0 Å². The highest BCUT2D eigenvalue weighted by Gasteiger charge is 2.33. The molecule has 11 heteroatoms. The van der Waals surface area contributed by atoms with Gasteiger partial charge in [-0.05, 0) is 30.7 Å². The van der Waals surface area contributed by atoms with Gasteiger partial charge in [0.05, 0.1) is 15.5 Å². The second-order valence-electron chi connectivity index (χ2n) is 6.33. The molecular weight excluding hydrogens is 438 g/mol. The van der Waals surface area contributed by atoms with Gasteiger partial charge in [-0.25, -0.2) is 13.4 Å². The molecule has 5 nitrogen and oxygen atoms in total. The van der Waals surface area contributed by atoms with E-state index in [1.54, 1.807) is 24.0 Å². The molecule has 1 saturated heterocycles. The molecule has 1 aliphatic heterocycles. The van der Waals surface area contributed by atoms with Crippen molar-refractivity contribution in [3.8, 4) is 0 Å². The maximum Gasteiger partial charge on any atom is 0.417 e. The maximum absolute atomic E-state index is 12.9. The fourth-order valence-electron chi connectivity index (χ4n) is 2.95. The summed E-state index contributed by atoms with van der Waals surface area (Å²) in [5, 5.41) is 0.195. The molecule has 2 aromatic rings. The summed E-state index contributed by atoms with van der Waals surface area (Å²) in [5.74, 6) is 0.200. The van der Waals surface area contributed by atoms with Gasteiger partial charge in [0.25, 0.3) is 0 Å². The average Bonchev–Trinajstić information content (AvgIpc) is 2.63. The van der Waals surface area contributed by atoms with E-state index in [9.17, 15) is 21.6 Å². The monoisotopic (exact) mass is 453 g/mol. The summed E-state index contributed by atoms with van der Waals surface area (Å²) in [4.78, 5) is 5.63. The van der Waals surface area contributed by atoms with E-state index in [1.165, 1.54) is 10.4 Å². The van der Waals surface area contributed by atoms with Crippen LogP contribution < -0.4 is 4.90 Å². The van der Waals surface area contributed by atoms with Crippen molar-refractivity contribution in [3.63, 3.8) is 0 Å². The first-order chi connectivity index (χ1) is 13.0. The minimum Gasteiger partial charge on any atom is -0.353 e. The number of hydrogen-bond acceptors (Lipinski definition) is 4. The Bertz CT molecular complexity index is 992. The summed E-state index contributed by atoms with van der Waals surface area (Å²) in [6.45, 7) is 2.47. The number of aromatic nitrogens is 1. The lowest BCUT2D eigenvalue weighted by Crippen LogP contribution is -2.49. The maximum atomic E-state index is 12.9. The summed E-state index contributed by atoms with van der Waals surface area (Å²) in [6, 6.07) is 5.48. The molecule has 2 heterocycles. The fourth-order valence-corrected chi connectivity index (χ4v) is 5.15. The van der Waals surface area contributed by atoms with Gasteiger partial charge in [-0.3, -0.25) is 0 Å². The Labute approximate surface area is 170 Å². The number of halogens is 5. The zero-order valence-electron chi connectivity index (χ0n) is 14.7. The van der Waals surface area contributed by atoms with Crippen LogP contribution in [0, 0.1) is 6.92 Å². The summed E-state index contributed by atoms with van der Waals surface area (Å²) in [7, 11) is -3.74. The van der Waals surface area contributed by atoms with Gasteiger partial charge in [0.1, 0.15) is 5.82 Å². The highest BCUT2D eigenvalue weighted by atomic mass is 35.5. The Morgan fingerprint density at radius 2 is 1.71 bits per heavy atom. The van der Waals surface area contributed by atoms with E-state index in [2.05, 4.69) is 4.98 Å². The molecule has 0 amide bonds. The van der Waals surface area contributed by atoms with E-state index >= 15 is 0 Å². The molecule has 0 atom stereocenters. The first-order valence-corrected chi connectivity index (χ1v) is 10.4. The number of benzene rings is 1. The zero-order chi connectivity index (χ0) is 20.7. The van der Waals surface area contributed by atoms with Gasteiger partial charge in [-0.15, -0.1) is 0 Å². The van der Waals surface area contributed by atoms with Crippen molar-refractivity contribution in [1.82, 2.24) is 9.29 Å². The third-order valence-electron chi connectivity index (χ3n) is 4.46. The van der Waals surface area contributed by atoms with E-state index in [0.717, 1.165) is 12.3 Å². The highest BCUT2D eigenvalue weighted by Crippen LogP contribution is 2.34. The third-order valence-corrected chi connectivity index (χ3v) is 7.01. The Morgan fingerprint density at radius 3 is 2.29 bits per heavy atom. The molecule has 0 aliphatic carbocycles.